The maximum Gasteiger partial charge on any atom is 2.00 e. The molecule has 0 aromatic carbocycles. The van der Waals surface area contributed by atoms with Gasteiger partial charge in [0.15, 0.2) is 0 Å². The second-order valence-electron chi connectivity index (χ2n) is 13.3. The Bertz CT molecular complexity index is 2420. The van der Waals surface area contributed by atoms with E-state index >= 15 is 0 Å². The number of hydrogen-bond donors (Lipinski definition) is 2. The molecule has 16 heteroatoms. The molecule has 0 bridgehead atoms. The van der Waals surface area contributed by atoms with Crippen LogP contribution in [0.2, 0.25) is 0 Å². The van der Waals surface area contributed by atoms with Gasteiger partial charge >= 0.3 is 39.0 Å². The number of nitrogens with zero attached hydrogens (tertiary/aromatic N) is 9. The molecular weight excluding hydrogens is 1020 g/mol. The van der Waals surface area contributed by atoms with E-state index < -0.39 is 8.53 Å². The summed E-state index contributed by atoms with van der Waals surface area (Å²) in [5.41, 5.74) is 11.1. The van der Waals surface area contributed by atoms with E-state index in [1.807, 2.05) is 136 Å². The zero-order valence-electron chi connectivity index (χ0n) is 37.1. The van der Waals surface area contributed by atoms with Gasteiger partial charge in [0.1, 0.15) is 0 Å². The normalized spacial score (nSPS) is 10.2. The van der Waals surface area contributed by atoms with Crippen LogP contribution in [-0.4, -0.2) is 58.1 Å². The molecule has 2 N–H and O–H groups in total. The van der Waals surface area contributed by atoms with Crippen molar-refractivity contribution < 1.29 is 53.1 Å². The van der Waals surface area contributed by atoms with Crippen molar-refractivity contribution in [3.05, 3.63) is 201 Å². The standard InChI is InChI=1S/C17H21N4O2P.C12H12N2O.2C10H8N2.CH3.2Ru/c1-3-21-24(22-10-4-7-18)23-13-15-6-9-20-17(12-15)16-11-14(2)5-8-19-16;1-9-2-4-13-11(6-9)12-7-10(8-15)3-5-14-12;2*1-3-7-11-9(5-1)10-6-2-4-8-12-10;;;/h5-6,8-9,11-12,21H,3-4,10,13H2,1-2H3;2-7,15H,8H2,1H3;2*1-8H;1H3;;/q;;;;-1;+1;+2. The predicted octanol–water partition coefficient (Wildman–Crippen LogP) is 10.4. The van der Waals surface area contributed by atoms with Crippen LogP contribution in [0.5, 0.6) is 0 Å². The van der Waals surface area contributed by atoms with E-state index in [1.54, 1.807) is 55.6 Å². The maximum atomic E-state index is 9.02. The monoisotopic (exact) mass is 1080 g/mol. The van der Waals surface area contributed by atoms with Gasteiger partial charge in [0, 0.05) is 56.1 Å². The summed E-state index contributed by atoms with van der Waals surface area (Å²) in [7, 11) is -1.20. The Hall–Kier alpha value is -5.79. The van der Waals surface area contributed by atoms with Crippen LogP contribution in [0, 0.1) is 32.6 Å². The van der Waals surface area contributed by atoms with Gasteiger partial charge in [0.25, 0.3) is 8.53 Å². The molecule has 0 fully saturated rings. The Morgan fingerprint density at radius 2 is 0.909 bits per heavy atom. The van der Waals surface area contributed by atoms with Crippen molar-refractivity contribution in [2.75, 3.05) is 13.2 Å². The van der Waals surface area contributed by atoms with E-state index in [4.69, 9.17) is 19.4 Å². The molecule has 0 saturated heterocycles. The Morgan fingerprint density at radius 1 is 0.530 bits per heavy atom. The number of hydrogen-bond acceptors (Lipinski definition) is 13. The molecule has 13 nitrogen and oxygen atoms in total. The van der Waals surface area contributed by atoms with Gasteiger partial charge in [0.05, 0.1) is 77.9 Å². The van der Waals surface area contributed by atoms with Gasteiger partial charge in [-0.15, -0.1) is 0 Å². The van der Waals surface area contributed by atoms with Gasteiger partial charge in [0.2, 0.25) is 0 Å². The zero-order chi connectivity index (χ0) is 44.3. The number of aryl methyl sites for hydroxylation is 2. The average molecular weight is 1070 g/mol. The third-order valence-corrected chi connectivity index (χ3v) is 9.78. The van der Waals surface area contributed by atoms with Crippen LogP contribution in [0.15, 0.2) is 171 Å². The first-order valence-corrected chi connectivity index (χ1v) is 21.3. The molecule has 1 unspecified atom stereocenters. The van der Waals surface area contributed by atoms with Gasteiger partial charge in [-0.3, -0.25) is 45.0 Å². The van der Waals surface area contributed by atoms with E-state index in [0.717, 1.165) is 74.3 Å². The Morgan fingerprint density at radius 3 is 1.27 bits per heavy atom. The second-order valence-corrected chi connectivity index (χ2v) is 14.7. The minimum Gasteiger partial charge on any atom is -0.392 e. The molecule has 0 saturated carbocycles. The third-order valence-electron chi connectivity index (χ3n) is 8.43. The number of aromatic nitrogens is 8. The second kappa shape index (κ2) is 32.8. The maximum absolute atomic E-state index is 9.02. The SMILES string of the molecule is CCNP(OCCC#N)OCc1ccnc(-c2cc(C)ccn2)c1.Cc1ccnc(-c2cc(CO)ccn2)c1.[CH3-].[Ru+2].[Ru+].c1ccc(-c2ccccn2)nc1.c1ccc(-c2ccccn2)nc1. The minimum atomic E-state index is -1.20. The van der Waals surface area contributed by atoms with E-state index in [2.05, 4.69) is 51.0 Å². The van der Waals surface area contributed by atoms with Gasteiger partial charge in [-0.05, 0) is 133 Å². The number of pyridine rings is 8. The summed E-state index contributed by atoms with van der Waals surface area (Å²) in [6, 6.07) is 40.6. The molecule has 66 heavy (non-hydrogen) atoms. The molecule has 8 aromatic rings. The molecule has 0 aliphatic rings. The molecule has 0 amide bonds. The molecule has 8 rings (SSSR count). The molecule has 1 radical (unpaired) electrons. The smallest absolute Gasteiger partial charge is 0.392 e. The molecule has 0 aliphatic heterocycles. The average Bonchev–Trinajstić information content (AvgIpc) is 3.35. The van der Waals surface area contributed by atoms with Crippen LogP contribution in [-0.2, 0) is 61.2 Å². The fourth-order valence-corrected chi connectivity index (χ4v) is 6.43. The van der Waals surface area contributed by atoms with Crippen LogP contribution in [0.25, 0.3) is 45.6 Å². The number of nitriles is 1. The minimum absolute atomic E-state index is 0. The van der Waals surface area contributed by atoms with Crippen LogP contribution in [0.4, 0.5) is 0 Å². The van der Waals surface area contributed by atoms with E-state index in [9.17, 15) is 0 Å². The summed E-state index contributed by atoms with van der Waals surface area (Å²) in [6.07, 6.45) is 14.4. The first-order valence-electron chi connectivity index (χ1n) is 20.1. The molecule has 339 valence electrons. The van der Waals surface area contributed by atoms with Crippen molar-refractivity contribution in [2.24, 2.45) is 0 Å². The van der Waals surface area contributed by atoms with Crippen LogP contribution < -0.4 is 5.09 Å². The van der Waals surface area contributed by atoms with Gasteiger partial charge in [-0.1, -0.05) is 31.2 Å². The summed E-state index contributed by atoms with van der Waals surface area (Å²) < 4.78 is 11.4. The topological polar surface area (TPSA) is 178 Å². The van der Waals surface area contributed by atoms with Crippen LogP contribution >= 0.6 is 8.53 Å². The van der Waals surface area contributed by atoms with Crippen LogP contribution in [0.3, 0.4) is 0 Å². The number of nitrogens with one attached hydrogen (secondary N) is 1. The predicted molar refractivity (Wildman–Crippen MR) is 253 cm³/mol. The molecule has 0 aliphatic carbocycles. The summed E-state index contributed by atoms with van der Waals surface area (Å²) in [4.78, 5) is 33.9. The summed E-state index contributed by atoms with van der Waals surface area (Å²) in [5, 5.41) is 20.7. The van der Waals surface area contributed by atoms with E-state index in [0.29, 0.717) is 19.6 Å². The van der Waals surface area contributed by atoms with E-state index in [-0.39, 0.29) is 53.0 Å². The van der Waals surface area contributed by atoms with Gasteiger partial charge in [-0.2, -0.15) is 5.26 Å². The fraction of sp³-hybridized carbons (Fsp3) is 0.160. The molecule has 8 aromatic heterocycles. The molecule has 8 heterocycles. The van der Waals surface area contributed by atoms with Crippen LogP contribution in [0.1, 0.15) is 35.6 Å². The summed E-state index contributed by atoms with van der Waals surface area (Å²) >= 11 is 0. The summed E-state index contributed by atoms with van der Waals surface area (Å²) in [5.74, 6) is 0. The Labute approximate surface area is 415 Å². The van der Waals surface area contributed by atoms with Crippen molar-refractivity contribution in [1.82, 2.24) is 45.0 Å². The quantitative estimate of drug-likeness (QED) is 0.0483. The van der Waals surface area contributed by atoms with Crippen molar-refractivity contribution in [1.29, 1.82) is 5.26 Å². The zero-order valence-corrected chi connectivity index (χ0v) is 41.5. The van der Waals surface area contributed by atoms with Crippen molar-refractivity contribution in [3.63, 3.8) is 0 Å². The first kappa shape index (κ1) is 56.3. The number of aliphatic hydroxyl groups is 1. The molecule has 1 atom stereocenters. The summed E-state index contributed by atoms with van der Waals surface area (Å²) in [6.45, 7) is 7.58. The Balaban J connectivity index is 0.000000311. The third kappa shape index (κ3) is 20.2. The molecular formula is C50H52N10O3PRu2+2. The first-order chi connectivity index (χ1) is 30.9. The van der Waals surface area contributed by atoms with Crippen molar-refractivity contribution in [2.45, 2.75) is 40.4 Å². The van der Waals surface area contributed by atoms with Gasteiger partial charge in [-0.25, -0.2) is 0 Å². The van der Waals surface area contributed by atoms with Crippen molar-refractivity contribution >= 4 is 8.53 Å². The Kier molecular flexibility index (Phi) is 28.0. The number of aliphatic hydroxyl groups excluding tert-OH is 1. The number of rotatable bonds is 13. The van der Waals surface area contributed by atoms with Gasteiger partial charge < -0.3 is 21.6 Å². The van der Waals surface area contributed by atoms with E-state index in [1.165, 1.54) is 0 Å². The largest absolute Gasteiger partial charge is 2.00 e. The molecule has 0 spiro atoms. The van der Waals surface area contributed by atoms with Crippen molar-refractivity contribution in [3.8, 4) is 51.6 Å². The fourth-order valence-electron chi connectivity index (χ4n) is 5.39.